The van der Waals surface area contributed by atoms with Crippen LogP contribution in [-0.2, 0) is 6.42 Å². The summed E-state index contributed by atoms with van der Waals surface area (Å²) in [6, 6.07) is 7.00. The van der Waals surface area contributed by atoms with Crippen molar-refractivity contribution in [2.45, 2.75) is 39.2 Å². The summed E-state index contributed by atoms with van der Waals surface area (Å²) in [6.45, 7) is 6.25. The fourth-order valence-electron chi connectivity index (χ4n) is 2.20. The van der Waals surface area contributed by atoms with E-state index in [9.17, 15) is 0 Å². The predicted molar refractivity (Wildman–Crippen MR) is 67.0 cm³/mol. The van der Waals surface area contributed by atoms with Gasteiger partial charge in [-0.3, -0.25) is 0 Å². The first-order chi connectivity index (χ1) is 7.85. The van der Waals surface area contributed by atoms with E-state index in [4.69, 9.17) is 4.74 Å². The zero-order valence-corrected chi connectivity index (χ0v) is 10.3. The highest BCUT2D eigenvalue weighted by molar-refractivity contribution is 5.42. The number of hydrogen-bond acceptors (Lipinski definition) is 2. The van der Waals surface area contributed by atoms with E-state index >= 15 is 0 Å². The molecule has 0 spiro atoms. The zero-order valence-electron chi connectivity index (χ0n) is 10.3. The van der Waals surface area contributed by atoms with Gasteiger partial charge in [0.25, 0.3) is 0 Å². The Morgan fingerprint density at radius 2 is 2.19 bits per heavy atom. The van der Waals surface area contributed by atoms with Gasteiger partial charge >= 0.3 is 0 Å². The first-order valence-electron chi connectivity index (χ1n) is 6.34. The third kappa shape index (κ3) is 2.38. The maximum atomic E-state index is 5.68. The maximum Gasteiger partial charge on any atom is 0.124 e. The molecule has 0 aliphatic carbocycles. The van der Waals surface area contributed by atoms with E-state index < -0.39 is 0 Å². The van der Waals surface area contributed by atoms with Crippen LogP contribution in [0.3, 0.4) is 0 Å². The van der Waals surface area contributed by atoms with Crippen molar-refractivity contribution >= 4 is 0 Å². The molecular formula is C14H21NO. The number of aryl methyl sites for hydroxylation is 1. The maximum absolute atomic E-state index is 5.68. The minimum Gasteiger partial charge on any atom is -0.491 e. The molecule has 2 heteroatoms. The molecule has 1 aliphatic heterocycles. The third-order valence-corrected chi connectivity index (χ3v) is 3.03. The first kappa shape index (κ1) is 11.5. The first-order valence-corrected chi connectivity index (χ1v) is 6.34. The second-order valence-electron chi connectivity index (χ2n) is 4.44. The summed E-state index contributed by atoms with van der Waals surface area (Å²) in [5, 5.41) is 3.53. The second-order valence-corrected chi connectivity index (χ2v) is 4.44. The van der Waals surface area contributed by atoms with E-state index in [2.05, 4.69) is 37.4 Å². The molecule has 0 saturated carbocycles. The van der Waals surface area contributed by atoms with Crippen LogP contribution in [-0.4, -0.2) is 13.2 Å². The topological polar surface area (TPSA) is 21.3 Å². The van der Waals surface area contributed by atoms with Crippen molar-refractivity contribution in [2.24, 2.45) is 0 Å². The monoisotopic (exact) mass is 219 g/mol. The number of rotatable bonds is 5. The van der Waals surface area contributed by atoms with E-state index in [0.717, 1.165) is 25.3 Å². The van der Waals surface area contributed by atoms with Gasteiger partial charge in [0.05, 0.1) is 6.04 Å². The van der Waals surface area contributed by atoms with Crippen molar-refractivity contribution in [3.63, 3.8) is 0 Å². The van der Waals surface area contributed by atoms with Crippen LogP contribution in [0, 0.1) is 0 Å². The van der Waals surface area contributed by atoms with Crippen LogP contribution in [0.4, 0.5) is 0 Å². The lowest BCUT2D eigenvalue weighted by molar-refractivity contribution is 0.311. The Balaban J connectivity index is 2.13. The van der Waals surface area contributed by atoms with E-state index in [1.54, 1.807) is 0 Å². The molecule has 0 radical (unpaired) electrons. The molecule has 2 rings (SSSR count). The average molecular weight is 219 g/mol. The summed E-state index contributed by atoms with van der Waals surface area (Å²) >= 11 is 0. The molecule has 1 N–H and O–H groups in total. The van der Waals surface area contributed by atoms with E-state index in [1.165, 1.54) is 24.0 Å². The van der Waals surface area contributed by atoms with Crippen LogP contribution in [0.2, 0.25) is 0 Å². The summed E-state index contributed by atoms with van der Waals surface area (Å²) in [5.41, 5.74) is 2.77. The predicted octanol–water partition coefficient (Wildman–Crippen LogP) is 3.07. The van der Waals surface area contributed by atoms with Crippen LogP contribution in [0.5, 0.6) is 5.75 Å². The number of nitrogens with one attached hydrogen (secondary N) is 1. The van der Waals surface area contributed by atoms with Crippen LogP contribution in [0.1, 0.15) is 43.9 Å². The summed E-state index contributed by atoms with van der Waals surface area (Å²) in [5.74, 6) is 1.06. The Kier molecular flexibility index (Phi) is 3.83. The van der Waals surface area contributed by atoms with Crippen LogP contribution >= 0.6 is 0 Å². The van der Waals surface area contributed by atoms with Gasteiger partial charge in [0.15, 0.2) is 0 Å². The summed E-state index contributed by atoms with van der Waals surface area (Å²) in [7, 11) is 0. The van der Waals surface area contributed by atoms with Crippen molar-refractivity contribution in [2.75, 3.05) is 13.2 Å². The summed E-state index contributed by atoms with van der Waals surface area (Å²) in [6.07, 6.45) is 3.53. The molecule has 88 valence electrons. The molecule has 1 heterocycles. The van der Waals surface area contributed by atoms with Gasteiger partial charge in [-0.1, -0.05) is 32.4 Å². The highest BCUT2D eigenvalue weighted by atomic mass is 16.5. The van der Waals surface area contributed by atoms with E-state index in [1.807, 2.05) is 0 Å². The lowest BCUT2D eigenvalue weighted by Crippen LogP contribution is -2.23. The van der Waals surface area contributed by atoms with Crippen molar-refractivity contribution in [1.82, 2.24) is 5.32 Å². The summed E-state index contributed by atoms with van der Waals surface area (Å²) in [4.78, 5) is 0. The molecule has 1 atom stereocenters. The Bertz CT molecular complexity index is 349. The molecule has 0 saturated heterocycles. The molecule has 0 fully saturated rings. The van der Waals surface area contributed by atoms with Gasteiger partial charge in [-0.05, 0) is 31.0 Å². The largest absolute Gasteiger partial charge is 0.491 e. The SMILES string of the molecule is CCCNC1COc2ccc(CCC)cc21. The van der Waals surface area contributed by atoms with Gasteiger partial charge in [-0.2, -0.15) is 0 Å². The molecule has 1 aliphatic rings. The van der Waals surface area contributed by atoms with Gasteiger partial charge in [-0.25, -0.2) is 0 Å². The lowest BCUT2D eigenvalue weighted by atomic mass is 10.0. The van der Waals surface area contributed by atoms with Gasteiger partial charge in [0, 0.05) is 5.56 Å². The highest BCUT2D eigenvalue weighted by Gasteiger charge is 2.23. The molecule has 1 aromatic carbocycles. The van der Waals surface area contributed by atoms with Crippen LogP contribution < -0.4 is 10.1 Å². The number of fused-ring (bicyclic) bond motifs is 1. The highest BCUT2D eigenvalue weighted by Crippen LogP contribution is 2.33. The van der Waals surface area contributed by atoms with E-state index in [0.29, 0.717) is 6.04 Å². The second kappa shape index (κ2) is 5.35. The fourth-order valence-corrected chi connectivity index (χ4v) is 2.20. The summed E-state index contributed by atoms with van der Waals surface area (Å²) < 4.78 is 5.68. The van der Waals surface area contributed by atoms with Crippen LogP contribution in [0.25, 0.3) is 0 Å². The number of ether oxygens (including phenoxy) is 1. The van der Waals surface area contributed by atoms with Gasteiger partial charge in [0.2, 0.25) is 0 Å². The molecule has 1 unspecified atom stereocenters. The van der Waals surface area contributed by atoms with Crippen molar-refractivity contribution in [1.29, 1.82) is 0 Å². The fraction of sp³-hybridized carbons (Fsp3) is 0.571. The van der Waals surface area contributed by atoms with Crippen LogP contribution in [0.15, 0.2) is 18.2 Å². The molecule has 16 heavy (non-hydrogen) atoms. The standard InChI is InChI=1S/C14H21NO/c1-3-5-11-6-7-14-12(9-11)13(10-16-14)15-8-4-2/h6-7,9,13,15H,3-5,8,10H2,1-2H3. The van der Waals surface area contributed by atoms with Gasteiger partial charge in [0.1, 0.15) is 12.4 Å². The Morgan fingerprint density at radius 3 is 2.94 bits per heavy atom. The molecule has 1 aromatic rings. The van der Waals surface area contributed by atoms with Crippen molar-refractivity contribution in [3.05, 3.63) is 29.3 Å². The minimum atomic E-state index is 0.395. The zero-order chi connectivity index (χ0) is 11.4. The molecule has 0 bridgehead atoms. The normalized spacial score (nSPS) is 18.2. The molecular weight excluding hydrogens is 198 g/mol. The smallest absolute Gasteiger partial charge is 0.124 e. The lowest BCUT2D eigenvalue weighted by Gasteiger charge is -2.11. The van der Waals surface area contributed by atoms with Crippen molar-refractivity contribution in [3.8, 4) is 5.75 Å². The molecule has 2 nitrogen and oxygen atoms in total. The van der Waals surface area contributed by atoms with E-state index in [-0.39, 0.29) is 0 Å². The Hall–Kier alpha value is -1.02. The van der Waals surface area contributed by atoms with Gasteiger partial charge < -0.3 is 10.1 Å². The Labute approximate surface area is 98.0 Å². The van der Waals surface area contributed by atoms with Crippen molar-refractivity contribution < 1.29 is 4.74 Å². The van der Waals surface area contributed by atoms with Gasteiger partial charge in [-0.15, -0.1) is 0 Å². The molecule has 0 amide bonds. The third-order valence-electron chi connectivity index (χ3n) is 3.03. The quantitative estimate of drug-likeness (QED) is 0.821. The average Bonchev–Trinajstić information content (AvgIpc) is 2.69. The Morgan fingerprint density at radius 1 is 1.31 bits per heavy atom. The number of hydrogen-bond donors (Lipinski definition) is 1. The molecule has 0 aromatic heterocycles. The number of benzene rings is 1. The minimum absolute atomic E-state index is 0.395.